The van der Waals surface area contributed by atoms with Crippen LogP contribution in [0.2, 0.25) is 0 Å². The zero-order chi connectivity index (χ0) is 21.2. The van der Waals surface area contributed by atoms with Crippen molar-refractivity contribution in [3.05, 3.63) is 42.0 Å². The van der Waals surface area contributed by atoms with Crippen molar-refractivity contribution < 1.29 is 9.53 Å². The summed E-state index contributed by atoms with van der Waals surface area (Å²) in [6, 6.07) is 1.86. The Hall–Kier alpha value is -3.44. The fourth-order valence-electron chi connectivity index (χ4n) is 3.71. The molecule has 0 spiro atoms. The lowest BCUT2D eigenvalue weighted by atomic mass is 10.1. The van der Waals surface area contributed by atoms with Gasteiger partial charge in [0.05, 0.1) is 17.3 Å². The molecule has 3 aromatic rings. The molecule has 8 heteroatoms. The molecular weight excluding hydrogens is 392 g/mol. The number of carbonyl (C=O) groups excluding carboxylic acids is 1. The maximum absolute atomic E-state index is 12.1. The number of nitrogens with zero attached hydrogens (tertiary/aromatic N) is 4. The summed E-state index contributed by atoms with van der Waals surface area (Å²) in [5, 5.41) is 12.1. The molecule has 1 atom stereocenters. The Morgan fingerprint density at radius 3 is 2.81 bits per heavy atom. The van der Waals surface area contributed by atoms with Gasteiger partial charge in [-0.25, -0.2) is 14.6 Å². The zero-order valence-electron chi connectivity index (χ0n) is 17.4. The van der Waals surface area contributed by atoms with Crippen LogP contribution in [0.3, 0.4) is 0 Å². The van der Waals surface area contributed by atoms with Gasteiger partial charge in [0.25, 0.3) is 0 Å². The molecule has 1 unspecified atom stereocenters. The van der Waals surface area contributed by atoms with Crippen LogP contribution in [0.15, 0.2) is 30.9 Å². The molecule has 2 aliphatic rings. The van der Waals surface area contributed by atoms with E-state index in [1.54, 1.807) is 18.6 Å². The largest absolute Gasteiger partial charge is 0.373 e. The summed E-state index contributed by atoms with van der Waals surface area (Å²) in [6.07, 6.45) is 12.2. The standard InChI is InChI=1S/C23H24N6O2/c1-24-22-19-13-25-20(28-23(30)16-7-8-16)10-18(19)17(12-26-22)6-5-15-11-27-29(14-15)21-4-2-3-9-31-21/h10-14,16,21H,2-4,7-9H2,1H3,(H,24,26)(H,25,28,30). The lowest BCUT2D eigenvalue weighted by Crippen LogP contribution is -2.18. The smallest absolute Gasteiger partial charge is 0.228 e. The second-order valence-corrected chi connectivity index (χ2v) is 7.93. The van der Waals surface area contributed by atoms with Crippen molar-refractivity contribution in [1.82, 2.24) is 19.7 Å². The van der Waals surface area contributed by atoms with Gasteiger partial charge in [-0.15, -0.1) is 0 Å². The van der Waals surface area contributed by atoms with Crippen molar-refractivity contribution in [2.75, 3.05) is 24.3 Å². The molecule has 5 rings (SSSR count). The van der Waals surface area contributed by atoms with Crippen molar-refractivity contribution >= 4 is 28.3 Å². The number of hydrogen-bond donors (Lipinski definition) is 2. The third kappa shape index (κ3) is 4.23. The molecule has 1 saturated carbocycles. The summed E-state index contributed by atoms with van der Waals surface area (Å²) >= 11 is 0. The Labute approximate surface area is 180 Å². The van der Waals surface area contributed by atoms with Gasteiger partial charge in [0.1, 0.15) is 17.9 Å². The van der Waals surface area contributed by atoms with Crippen LogP contribution >= 0.6 is 0 Å². The zero-order valence-corrected chi connectivity index (χ0v) is 17.4. The molecule has 1 aliphatic heterocycles. The van der Waals surface area contributed by atoms with Crippen molar-refractivity contribution in [2.45, 2.75) is 38.3 Å². The van der Waals surface area contributed by atoms with E-state index in [1.807, 2.05) is 24.0 Å². The van der Waals surface area contributed by atoms with Crippen LogP contribution in [0.25, 0.3) is 10.8 Å². The van der Waals surface area contributed by atoms with Gasteiger partial charge in [-0.1, -0.05) is 11.8 Å². The fourth-order valence-corrected chi connectivity index (χ4v) is 3.71. The minimum atomic E-state index is -0.00887. The van der Waals surface area contributed by atoms with Crippen LogP contribution < -0.4 is 10.6 Å². The number of pyridine rings is 2. The molecule has 0 bridgehead atoms. The van der Waals surface area contributed by atoms with E-state index in [-0.39, 0.29) is 18.1 Å². The predicted molar refractivity (Wildman–Crippen MR) is 117 cm³/mol. The highest BCUT2D eigenvalue weighted by atomic mass is 16.5. The molecule has 158 valence electrons. The van der Waals surface area contributed by atoms with Gasteiger partial charge in [-0.05, 0) is 38.2 Å². The first-order chi connectivity index (χ1) is 15.2. The summed E-state index contributed by atoms with van der Waals surface area (Å²) in [6.45, 7) is 0.772. The Morgan fingerprint density at radius 2 is 2.03 bits per heavy atom. The first kappa shape index (κ1) is 19.5. The molecule has 3 aromatic heterocycles. The molecule has 0 aromatic carbocycles. The quantitative estimate of drug-likeness (QED) is 0.634. The second kappa shape index (κ2) is 8.36. The van der Waals surface area contributed by atoms with Crippen molar-refractivity contribution in [3.63, 3.8) is 0 Å². The summed E-state index contributed by atoms with van der Waals surface area (Å²) < 4.78 is 7.63. The van der Waals surface area contributed by atoms with Gasteiger partial charge in [-0.3, -0.25) is 4.79 Å². The summed E-state index contributed by atoms with van der Waals surface area (Å²) in [5.41, 5.74) is 1.58. The lowest BCUT2D eigenvalue weighted by Gasteiger charge is -2.22. The third-order valence-corrected chi connectivity index (χ3v) is 5.60. The van der Waals surface area contributed by atoms with E-state index in [0.717, 1.165) is 66.4 Å². The molecule has 1 amide bonds. The Morgan fingerprint density at radius 1 is 1.13 bits per heavy atom. The minimum Gasteiger partial charge on any atom is -0.373 e. The summed E-state index contributed by atoms with van der Waals surface area (Å²) in [7, 11) is 1.82. The normalized spacial score (nSPS) is 18.3. The average Bonchev–Trinajstić information content (AvgIpc) is 3.56. The molecule has 2 N–H and O–H groups in total. The van der Waals surface area contributed by atoms with Crippen LogP contribution in [-0.2, 0) is 9.53 Å². The topological polar surface area (TPSA) is 94.0 Å². The lowest BCUT2D eigenvalue weighted by molar-refractivity contribution is -0.117. The van der Waals surface area contributed by atoms with Gasteiger partial charge >= 0.3 is 0 Å². The van der Waals surface area contributed by atoms with Crippen molar-refractivity contribution in [3.8, 4) is 11.8 Å². The Balaban J connectivity index is 1.45. The van der Waals surface area contributed by atoms with Crippen LogP contribution in [0.1, 0.15) is 49.5 Å². The van der Waals surface area contributed by atoms with Gasteiger partial charge in [0.15, 0.2) is 0 Å². The molecule has 2 fully saturated rings. The number of aromatic nitrogens is 4. The fraction of sp³-hybridized carbons (Fsp3) is 0.391. The van der Waals surface area contributed by atoms with Gasteiger partial charge in [0, 0.05) is 48.9 Å². The van der Waals surface area contributed by atoms with E-state index in [0.29, 0.717) is 5.82 Å². The summed E-state index contributed by atoms with van der Waals surface area (Å²) in [4.78, 5) is 21.0. The highest BCUT2D eigenvalue weighted by Gasteiger charge is 2.29. The van der Waals surface area contributed by atoms with Crippen LogP contribution in [0.5, 0.6) is 0 Å². The maximum atomic E-state index is 12.1. The first-order valence-corrected chi connectivity index (χ1v) is 10.7. The number of amides is 1. The summed E-state index contributed by atoms with van der Waals surface area (Å²) in [5.74, 6) is 7.79. The molecule has 4 heterocycles. The molecule has 8 nitrogen and oxygen atoms in total. The van der Waals surface area contributed by atoms with E-state index in [4.69, 9.17) is 4.74 Å². The number of ether oxygens (including phenoxy) is 1. The SMILES string of the molecule is CNc1ncc(C#Cc2cnn(C3CCCCO3)c2)c2cc(NC(=O)C3CC3)ncc12. The molecule has 31 heavy (non-hydrogen) atoms. The van der Waals surface area contributed by atoms with E-state index in [1.165, 1.54) is 0 Å². The van der Waals surface area contributed by atoms with Crippen molar-refractivity contribution in [2.24, 2.45) is 5.92 Å². The number of fused-ring (bicyclic) bond motifs is 1. The van der Waals surface area contributed by atoms with Gasteiger partial charge in [0.2, 0.25) is 5.91 Å². The molecule has 1 saturated heterocycles. The molecule has 1 aliphatic carbocycles. The van der Waals surface area contributed by atoms with E-state index in [2.05, 4.69) is 37.5 Å². The van der Waals surface area contributed by atoms with Crippen LogP contribution in [0, 0.1) is 17.8 Å². The molecule has 0 radical (unpaired) electrons. The van der Waals surface area contributed by atoms with Crippen LogP contribution in [-0.4, -0.2) is 39.3 Å². The van der Waals surface area contributed by atoms with Gasteiger partial charge in [-0.2, -0.15) is 5.10 Å². The number of hydrogen-bond acceptors (Lipinski definition) is 6. The monoisotopic (exact) mass is 416 g/mol. The highest BCUT2D eigenvalue weighted by Crippen LogP contribution is 2.31. The molecular formula is C23H24N6O2. The Kier molecular flexibility index (Phi) is 5.26. The second-order valence-electron chi connectivity index (χ2n) is 7.93. The number of nitrogens with one attached hydrogen (secondary N) is 2. The Bertz CT molecular complexity index is 1180. The minimum absolute atomic E-state index is 0.00887. The predicted octanol–water partition coefficient (Wildman–Crippen LogP) is 3.32. The first-order valence-electron chi connectivity index (χ1n) is 10.7. The van der Waals surface area contributed by atoms with Gasteiger partial charge < -0.3 is 15.4 Å². The van der Waals surface area contributed by atoms with Crippen LogP contribution in [0.4, 0.5) is 11.6 Å². The van der Waals surface area contributed by atoms with E-state index >= 15 is 0 Å². The highest BCUT2D eigenvalue weighted by molar-refractivity contribution is 5.99. The van der Waals surface area contributed by atoms with E-state index < -0.39 is 0 Å². The number of rotatable bonds is 4. The number of anilines is 2. The maximum Gasteiger partial charge on any atom is 0.228 e. The van der Waals surface area contributed by atoms with E-state index in [9.17, 15) is 4.79 Å². The average molecular weight is 416 g/mol. The third-order valence-electron chi connectivity index (χ3n) is 5.60. The van der Waals surface area contributed by atoms with Crippen molar-refractivity contribution in [1.29, 1.82) is 0 Å². The number of carbonyl (C=O) groups is 1.